The number of hydrogen-bond acceptors (Lipinski definition) is 1. The SMILES string of the molecule is O=C(Nc1ccc(Br)cc1)C1CCC(F)(F)CC1. The van der Waals surface area contributed by atoms with Crippen LogP contribution in [-0.4, -0.2) is 11.8 Å². The van der Waals surface area contributed by atoms with Gasteiger partial charge in [-0.2, -0.15) is 0 Å². The van der Waals surface area contributed by atoms with Crippen molar-refractivity contribution >= 4 is 27.5 Å². The summed E-state index contributed by atoms with van der Waals surface area (Å²) in [5, 5.41) is 2.76. The van der Waals surface area contributed by atoms with Crippen LogP contribution in [0.15, 0.2) is 28.7 Å². The van der Waals surface area contributed by atoms with Crippen LogP contribution in [-0.2, 0) is 4.79 Å². The Hall–Kier alpha value is -0.970. The van der Waals surface area contributed by atoms with Crippen molar-refractivity contribution in [2.45, 2.75) is 31.6 Å². The van der Waals surface area contributed by atoms with Crippen molar-refractivity contribution in [3.63, 3.8) is 0 Å². The zero-order chi connectivity index (χ0) is 13.2. The Morgan fingerprint density at radius 3 is 2.33 bits per heavy atom. The molecule has 98 valence electrons. The van der Waals surface area contributed by atoms with Gasteiger partial charge in [0.25, 0.3) is 0 Å². The van der Waals surface area contributed by atoms with E-state index in [1.54, 1.807) is 12.1 Å². The van der Waals surface area contributed by atoms with Gasteiger partial charge in [-0.05, 0) is 37.1 Å². The minimum atomic E-state index is -2.59. The van der Waals surface area contributed by atoms with Crippen LogP contribution in [0.2, 0.25) is 0 Å². The summed E-state index contributed by atoms with van der Waals surface area (Å²) in [6.45, 7) is 0. The second kappa shape index (κ2) is 5.34. The van der Waals surface area contributed by atoms with E-state index in [0.29, 0.717) is 5.69 Å². The highest BCUT2D eigenvalue weighted by molar-refractivity contribution is 9.10. The van der Waals surface area contributed by atoms with E-state index in [1.807, 2.05) is 12.1 Å². The molecule has 1 aromatic carbocycles. The summed E-state index contributed by atoms with van der Waals surface area (Å²) >= 11 is 3.30. The van der Waals surface area contributed by atoms with Crippen molar-refractivity contribution in [1.82, 2.24) is 0 Å². The van der Waals surface area contributed by atoms with Crippen molar-refractivity contribution < 1.29 is 13.6 Å². The molecule has 1 N–H and O–H groups in total. The van der Waals surface area contributed by atoms with Crippen LogP contribution < -0.4 is 5.32 Å². The average molecular weight is 318 g/mol. The molecule has 1 saturated carbocycles. The third-order valence-corrected chi connectivity index (χ3v) is 3.73. The number of anilines is 1. The van der Waals surface area contributed by atoms with Crippen molar-refractivity contribution in [2.24, 2.45) is 5.92 Å². The Morgan fingerprint density at radius 1 is 1.22 bits per heavy atom. The van der Waals surface area contributed by atoms with Gasteiger partial charge >= 0.3 is 0 Å². The van der Waals surface area contributed by atoms with Gasteiger partial charge < -0.3 is 5.32 Å². The zero-order valence-electron chi connectivity index (χ0n) is 9.76. The normalized spacial score (nSPS) is 19.5. The molecule has 2 rings (SSSR count). The first-order valence-corrected chi connectivity index (χ1v) is 6.70. The molecule has 0 heterocycles. The molecular weight excluding hydrogens is 304 g/mol. The van der Waals surface area contributed by atoms with Gasteiger partial charge in [-0.3, -0.25) is 4.79 Å². The fourth-order valence-corrected chi connectivity index (χ4v) is 2.34. The Balaban J connectivity index is 1.91. The third-order valence-electron chi connectivity index (χ3n) is 3.20. The van der Waals surface area contributed by atoms with Crippen molar-refractivity contribution in [2.75, 3.05) is 5.32 Å². The second-order valence-corrected chi connectivity index (χ2v) is 5.54. The third kappa shape index (κ3) is 3.51. The molecule has 0 saturated heterocycles. The van der Waals surface area contributed by atoms with Gasteiger partial charge in [0.15, 0.2) is 0 Å². The molecule has 1 aliphatic rings. The summed E-state index contributed by atoms with van der Waals surface area (Å²) in [6.07, 6.45) is 0.140. The molecule has 1 amide bonds. The number of nitrogens with one attached hydrogen (secondary N) is 1. The first-order chi connectivity index (χ1) is 8.46. The van der Waals surface area contributed by atoms with E-state index >= 15 is 0 Å². The van der Waals surface area contributed by atoms with Gasteiger partial charge in [0, 0.05) is 28.9 Å². The number of alkyl halides is 2. The number of carbonyl (C=O) groups excluding carboxylic acids is 1. The molecule has 1 aromatic rings. The number of hydrogen-bond donors (Lipinski definition) is 1. The minimum Gasteiger partial charge on any atom is -0.326 e. The lowest BCUT2D eigenvalue weighted by molar-refractivity contribution is -0.124. The largest absolute Gasteiger partial charge is 0.326 e. The van der Waals surface area contributed by atoms with E-state index in [9.17, 15) is 13.6 Å². The molecule has 0 aromatic heterocycles. The number of carbonyl (C=O) groups is 1. The van der Waals surface area contributed by atoms with E-state index in [1.165, 1.54) is 0 Å². The number of rotatable bonds is 2. The number of halogens is 3. The van der Waals surface area contributed by atoms with Gasteiger partial charge in [0.2, 0.25) is 11.8 Å². The minimum absolute atomic E-state index is 0.159. The van der Waals surface area contributed by atoms with Crippen LogP contribution in [0, 0.1) is 5.92 Å². The van der Waals surface area contributed by atoms with Crippen molar-refractivity contribution in [1.29, 1.82) is 0 Å². The maximum Gasteiger partial charge on any atom is 0.248 e. The molecule has 0 bridgehead atoms. The van der Waals surface area contributed by atoms with Gasteiger partial charge in [-0.25, -0.2) is 8.78 Å². The van der Waals surface area contributed by atoms with Crippen molar-refractivity contribution in [3.05, 3.63) is 28.7 Å². The molecule has 0 spiro atoms. The van der Waals surface area contributed by atoms with E-state index in [0.717, 1.165) is 4.47 Å². The highest BCUT2D eigenvalue weighted by Crippen LogP contribution is 2.36. The van der Waals surface area contributed by atoms with E-state index in [4.69, 9.17) is 0 Å². The number of amides is 1. The molecular formula is C13H14BrF2NO. The Kier molecular flexibility index (Phi) is 4.00. The highest BCUT2D eigenvalue weighted by Gasteiger charge is 2.37. The summed E-state index contributed by atoms with van der Waals surface area (Å²) in [5.41, 5.74) is 0.695. The van der Waals surface area contributed by atoms with Crippen LogP contribution in [0.1, 0.15) is 25.7 Å². The van der Waals surface area contributed by atoms with Crippen molar-refractivity contribution in [3.8, 4) is 0 Å². The van der Waals surface area contributed by atoms with Gasteiger partial charge in [0.1, 0.15) is 0 Å². The van der Waals surface area contributed by atoms with Gasteiger partial charge in [-0.1, -0.05) is 15.9 Å². The smallest absolute Gasteiger partial charge is 0.248 e. The lowest BCUT2D eigenvalue weighted by atomic mass is 9.86. The summed E-state index contributed by atoms with van der Waals surface area (Å²) in [4.78, 5) is 11.9. The lowest BCUT2D eigenvalue weighted by Crippen LogP contribution is -2.31. The topological polar surface area (TPSA) is 29.1 Å². The molecule has 5 heteroatoms. The van der Waals surface area contributed by atoms with Crippen LogP contribution in [0.3, 0.4) is 0 Å². The van der Waals surface area contributed by atoms with Crippen LogP contribution in [0.25, 0.3) is 0 Å². The van der Waals surface area contributed by atoms with Crippen LogP contribution >= 0.6 is 15.9 Å². The summed E-state index contributed by atoms with van der Waals surface area (Å²) < 4.78 is 26.9. The highest BCUT2D eigenvalue weighted by atomic mass is 79.9. The summed E-state index contributed by atoms with van der Waals surface area (Å²) in [7, 11) is 0. The maximum atomic E-state index is 13.0. The average Bonchev–Trinajstić information content (AvgIpc) is 2.32. The molecule has 0 unspecified atom stereocenters. The predicted octanol–water partition coefficient (Wildman–Crippen LogP) is 4.21. The van der Waals surface area contributed by atoms with Crippen LogP contribution in [0.5, 0.6) is 0 Å². The summed E-state index contributed by atoms with van der Waals surface area (Å²) in [5.74, 6) is -3.05. The first-order valence-electron chi connectivity index (χ1n) is 5.90. The second-order valence-electron chi connectivity index (χ2n) is 4.63. The maximum absolute atomic E-state index is 13.0. The fraction of sp³-hybridized carbons (Fsp3) is 0.462. The van der Waals surface area contributed by atoms with Gasteiger partial charge in [0.05, 0.1) is 0 Å². The standard InChI is InChI=1S/C13H14BrF2NO/c14-10-1-3-11(4-2-10)17-12(18)9-5-7-13(15,16)8-6-9/h1-4,9H,5-8H2,(H,17,18). The van der Waals surface area contributed by atoms with E-state index in [-0.39, 0.29) is 37.5 Å². The molecule has 1 aliphatic carbocycles. The molecule has 18 heavy (non-hydrogen) atoms. The first kappa shape index (κ1) is 13.5. The van der Waals surface area contributed by atoms with Crippen LogP contribution in [0.4, 0.5) is 14.5 Å². The quantitative estimate of drug-likeness (QED) is 0.869. The summed E-state index contributed by atoms with van der Waals surface area (Å²) in [6, 6.07) is 7.20. The molecule has 0 aliphatic heterocycles. The molecule has 2 nitrogen and oxygen atoms in total. The monoisotopic (exact) mass is 317 g/mol. The Labute approximate surface area is 113 Å². The zero-order valence-corrected chi connectivity index (χ0v) is 11.3. The molecule has 1 fully saturated rings. The molecule has 0 atom stereocenters. The Bertz CT molecular complexity index is 423. The van der Waals surface area contributed by atoms with E-state index < -0.39 is 5.92 Å². The predicted molar refractivity (Wildman–Crippen MR) is 69.7 cm³/mol. The fourth-order valence-electron chi connectivity index (χ4n) is 2.08. The lowest BCUT2D eigenvalue weighted by Gasteiger charge is -2.27. The molecule has 0 radical (unpaired) electrons. The van der Waals surface area contributed by atoms with E-state index in [2.05, 4.69) is 21.2 Å². The number of benzene rings is 1. The Morgan fingerprint density at radius 2 is 1.78 bits per heavy atom. The van der Waals surface area contributed by atoms with Gasteiger partial charge in [-0.15, -0.1) is 0 Å².